The summed E-state index contributed by atoms with van der Waals surface area (Å²) >= 11 is 0. The van der Waals surface area contributed by atoms with E-state index in [0.717, 1.165) is 6.20 Å². The van der Waals surface area contributed by atoms with E-state index in [-0.39, 0.29) is 37.2 Å². The summed E-state index contributed by atoms with van der Waals surface area (Å²) in [5.41, 5.74) is 1.76. The van der Waals surface area contributed by atoms with E-state index in [1.807, 2.05) is 0 Å². The van der Waals surface area contributed by atoms with Crippen molar-refractivity contribution in [1.29, 1.82) is 0 Å². The van der Waals surface area contributed by atoms with E-state index >= 15 is 0 Å². The fourth-order valence-electron chi connectivity index (χ4n) is 3.74. The third-order valence-electron chi connectivity index (χ3n) is 5.44. The topological polar surface area (TPSA) is 123 Å². The number of halogens is 2. The van der Waals surface area contributed by atoms with Crippen molar-refractivity contribution in [2.75, 3.05) is 24.6 Å². The second-order valence-corrected chi connectivity index (χ2v) is 7.68. The Labute approximate surface area is 192 Å². The summed E-state index contributed by atoms with van der Waals surface area (Å²) < 4.78 is 40.7. The molecule has 34 heavy (non-hydrogen) atoms. The summed E-state index contributed by atoms with van der Waals surface area (Å²) in [7, 11) is 0. The molecule has 5 rings (SSSR count). The van der Waals surface area contributed by atoms with Crippen LogP contribution in [-0.4, -0.2) is 67.2 Å². The molecule has 1 saturated heterocycles. The highest BCUT2D eigenvalue weighted by atomic mass is 19.1. The van der Waals surface area contributed by atoms with Gasteiger partial charge in [0.15, 0.2) is 23.7 Å². The molecule has 0 spiro atoms. The standard InChI is InChI=1S/C22H20F2N6O4/c23-14-4-2-1-3-13(14)11-30-18(16-5-7-34-28-16)9-17(27-30)20-25-10-15(24)21(26-20)29-6-8-33-19(12-29)22(31)32/h1-5,7,9-10,19,22,31-32H,6,8,11-12H2. The number of rotatable bonds is 6. The van der Waals surface area contributed by atoms with Gasteiger partial charge in [0, 0.05) is 18.2 Å². The molecule has 1 unspecified atom stereocenters. The number of nitrogens with zero attached hydrogens (tertiary/aromatic N) is 6. The zero-order chi connectivity index (χ0) is 23.7. The van der Waals surface area contributed by atoms with Crippen molar-refractivity contribution < 1.29 is 28.3 Å². The molecule has 1 aliphatic heterocycles. The molecule has 4 aromatic rings. The van der Waals surface area contributed by atoms with Crippen LogP contribution >= 0.6 is 0 Å². The van der Waals surface area contributed by atoms with E-state index < -0.39 is 18.2 Å². The minimum Gasteiger partial charge on any atom is -0.369 e. The van der Waals surface area contributed by atoms with Gasteiger partial charge in [-0.1, -0.05) is 23.4 Å². The molecule has 176 valence electrons. The third kappa shape index (κ3) is 4.38. The average Bonchev–Trinajstić information content (AvgIpc) is 3.51. The first-order chi connectivity index (χ1) is 16.5. The normalized spacial score (nSPS) is 16.4. The first kappa shape index (κ1) is 22.1. The van der Waals surface area contributed by atoms with Crippen LogP contribution in [-0.2, 0) is 11.3 Å². The van der Waals surface area contributed by atoms with Gasteiger partial charge in [0.2, 0.25) is 0 Å². The summed E-state index contributed by atoms with van der Waals surface area (Å²) in [6.07, 6.45) is -0.160. The number of aromatic nitrogens is 5. The molecule has 4 heterocycles. The van der Waals surface area contributed by atoms with Gasteiger partial charge in [0.1, 0.15) is 29.6 Å². The lowest BCUT2D eigenvalue weighted by atomic mass is 10.2. The smallest absolute Gasteiger partial charge is 0.183 e. The number of hydrogen-bond donors (Lipinski definition) is 2. The Hall–Kier alpha value is -3.74. The molecule has 0 amide bonds. The predicted octanol–water partition coefficient (Wildman–Crippen LogP) is 1.84. The van der Waals surface area contributed by atoms with Crippen molar-refractivity contribution in [3.05, 3.63) is 66.1 Å². The van der Waals surface area contributed by atoms with E-state index in [9.17, 15) is 19.0 Å². The maximum Gasteiger partial charge on any atom is 0.183 e. The Kier molecular flexibility index (Phi) is 6.01. The van der Waals surface area contributed by atoms with Gasteiger partial charge in [-0.2, -0.15) is 5.10 Å². The van der Waals surface area contributed by atoms with Gasteiger partial charge < -0.3 is 24.4 Å². The maximum atomic E-state index is 14.6. The molecule has 0 aliphatic carbocycles. The predicted molar refractivity (Wildman–Crippen MR) is 114 cm³/mol. The molecule has 10 nitrogen and oxygen atoms in total. The Balaban J connectivity index is 1.51. The second kappa shape index (κ2) is 9.25. The Morgan fingerprint density at radius 2 is 1.97 bits per heavy atom. The lowest BCUT2D eigenvalue weighted by Gasteiger charge is -2.34. The monoisotopic (exact) mass is 470 g/mol. The molecule has 0 bridgehead atoms. The van der Waals surface area contributed by atoms with Crippen LogP contribution in [0, 0.1) is 11.6 Å². The number of anilines is 1. The molecule has 12 heteroatoms. The Morgan fingerprint density at radius 3 is 2.74 bits per heavy atom. The third-order valence-corrected chi connectivity index (χ3v) is 5.44. The molecule has 1 atom stereocenters. The van der Waals surface area contributed by atoms with Crippen molar-refractivity contribution in [3.8, 4) is 22.9 Å². The van der Waals surface area contributed by atoms with Gasteiger partial charge in [-0.25, -0.2) is 18.7 Å². The molecular weight excluding hydrogens is 450 g/mol. The van der Waals surface area contributed by atoms with E-state index in [0.29, 0.717) is 29.2 Å². The number of ether oxygens (including phenoxy) is 1. The maximum absolute atomic E-state index is 14.6. The van der Waals surface area contributed by atoms with Crippen LogP contribution < -0.4 is 4.90 Å². The molecule has 3 aromatic heterocycles. The minimum absolute atomic E-state index is 0.00871. The second-order valence-electron chi connectivity index (χ2n) is 7.68. The first-order valence-electron chi connectivity index (χ1n) is 10.5. The molecule has 0 radical (unpaired) electrons. The quantitative estimate of drug-likeness (QED) is 0.407. The summed E-state index contributed by atoms with van der Waals surface area (Å²) in [5.74, 6) is -0.912. The van der Waals surface area contributed by atoms with Gasteiger partial charge in [0.25, 0.3) is 0 Å². The number of aliphatic hydroxyl groups is 2. The highest BCUT2D eigenvalue weighted by Gasteiger charge is 2.28. The van der Waals surface area contributed by atoms with Crippen LogP contribution in [0.15, 0.2) is 53.4 Å². The van der Waals surface area contributed by atoms with Crippen molar-refractivity contribution in [2.45, 2.75) is 18.9 Å². The van der Waals surface area contributed by atoms with E-state index in [2.05, 4.69) is 20.2 Å². The first-order valence-corrected chi connectivity index (χ1v) is 10.5. The fraction of sp³-hybridized carbons (Fsp3) is 0.273. The number of benzene rings is 1. The highest BCUT2D eigenvalue weighted by molar-refractivity contribution is 5.63. The molecular formula is C22H20F2N6O4. The van der Waals surface area contributed by atoms with E-state index in [1.165, 1.54) is 12.3 Å². The van der Waals surface area contributed by atoms with Crippen LogP contribution in [0.25, 0.3) is 22.9 Å². The van der Waals surface area contributed by atoms with Crippen molar-refractivity contribution in [3.63, 3.8) is 0 Å². The van der Waals surface area contributed by atoms with Gasteiger partial charge in [0.05, 0.1) is 31.6 Å². The van der Waals surface area contributed by atoms with Crippen molar-refractivity contribution >= 4 is 5.82 Å². The molecule has 1 fully saturated rings. The average molecular weight is 470 g/mol. The lowest BCUT2D eigenvalue weighted by Crippen LogP contribution is -2.48. The summed E-state index contributed by atoms with van der Waals surface area (Å²) in [5, 5.41) is 27.3. The molecule has 1 aliphatic rings. The Bertz CT molecular complexity index is 1280. The van der Waals surface area contributed by atoms with Gasteiger partial charge in [-0.3, -0.25) is 4.68 Å². The number of morpholine rings is 1. The largest absolute Gasteiger partial charge is 0.369 e. The zero-order valence-electron chi connectivity index (χ0n) is 17.8. The van der Waals surface area contributed by atoms with Gasteiger partial charge >= 0.3 is 0 Å². The lowest BCUT2D eigenvalue weighted by molar-refractivity contribution is -0.148. The van der Waals surface area contributed by atoms with E-state index in [4.69, 9.17) is 9.26 Å². The molecule has 2 N–H and O–H groups in total. The van der Waals surface area contributed by atoms with Crippen LogP contribution in [0.4, 0.5) is 14.6 Å². The Morgan fingerprint density at radius 1 is 1.12 bits per heavy atom. The number of aliphatic hydroxyl groups excluding tert-OH is 1. The summed E-state index contributed by atoms with van der Waals surface area (Å²) in [4.78, 5) is 9.99. The summed E-state index contributed by atoms with van der Waals surface area (Å²) in [6.45, 7) is 0.635. The highest BCUT2D eigenvalue weighted by Crippen LogP contribution is 2.27. The van der Waals surface area contributed by atoms with Crippen molar-refractivity contribution in [2.24, 2.45) is 0 Å². The fourth-order valence-corrected chi connectivity index (χ4v) is 3.74. The number of hydrogen-bond acceptors (Lipinski definition) is 9. The minimum atomic E-state index is -1.70. The van der Waals surface area contributed by atoms with Crippen LogP contribution in [0.3, 0.4) is 0 Å². The molecule has 0 saturated carbocycles. The van der Waals surface area contributed by atoms with Crippen LogP contribution in [0.5, 0.6) is 0 Å². The van der Waals surface area contributed by atoms with Gasteiger partial charge in [-0.05, 0) is 12.1 Å². The summed E-state index contributed by atoms with van der Waals surface area (Å²) in [6, 6.07) is 9.65. The van der Waals surface area contributed by atoms with Crippen LogP contribution in [0.2, 0.25) is 0 Å². The zero-order valence-corrected chi connectivity index (χ0v) is 17.8. The van der Waals surface area contributed by atoms with Gasteiger partial charge in [-0.15, -0.1) is 0 Å². The molecule has 1 aromatic carbocycles. The SMILES string of the molecule is OC(O)C1CN(c2nc(-c3cc(-c4ccon4)n(Cc4ccccc4F)n3)ncc2F)CCO1. The van der Waals surface area contributed by atoms with E-state index in [1.54, 1.807) is 39.9 Å². The van der Waals surface area contributed by atoms with Crippen molar-refractivity contribution in [1.82, 2.24) is 24.9 Å². The van der Waals surface area contributed by atoms with Crippen LogP contribution in [0.1, 0.15) is 5.56 Å².